The summed E-state index contributed by atoms with van der Waals surface area (Å²) in [5, 5.41) is 21.6. The Morgan fingerprint density at radius 2 is 1.79 bits per heavy atom. The van der Waals surface area contributed by atoms with Gasteiger partial charge >= 0.3 is 5.97 Å². The number of Topliss-reactive ketones (excluding diaryl/α,β-unsaturated/α-hetero) is 1. The topological polar surface area (TPSA) is 109 Å². The molecule has 7 atom stereocenters. The number of rotatable bonds is 2. The van der Waals surface area contributed by atoms with Gasteiger partial charge < -0.3 is 19.7 Å². The van der Waals surface area contributed by atoms with E-state index in [2.05, 4.69) is 11.9 Å². The van der Waals surface area contributed by atoms with Crippen LogP contribution in [-0.2, 0) is 19.1 Å². The predicted molar refractivity (Wildman–Crippen MR) is 129 cm³/mol. The van der Waals surface area contributed by atoms with Gasteiger partial charge in [0.2, 0.25) is 0 Å². The molecule has 2 aliphatic rings. The maximum absolute atomic E-state index is 13.2. The van der Waals surface area contributed by atoms with Gasteiger partial charge in [0.15, 0.2) is 0 Å². The number of epoxide rings is 1. The van der Waals surface area contributed by atoms with Gasteiger partial charge in [-0.05, 0) is 49.5 Å². The number of ether oxygens (including phenoxy) is 2. The van der Waals surface area contributed by atoms with Crippen LogP contribution in [0.3, 0.4) is 0 Å². The van der Waals surface area contributed by atoms with Crippen LogP contribution in [0.15, 0.2) is 30.6 Å². The van der Waals surface area contributed by atoms with Gasteiger partial charge in [0.05, 0.1) is 35.7 Å². The number of cyclic esters (lactones) is 1. The van der Waals surface area contributed by atoms with Crippen molar-refractivity contribution in [2.24, 2.45) is 17.3 Å². The van der Waals surface area contributed by atoms with Crippen LogP contribution in [0, 0.1) is 17.3 Å². The largest absolute Gasteiger partial charge is 0.458 e. The Bertz CT molecular complexity index is 884. The first-order valence-corrected chi connectivity index (χ1v) is 12.3. The molecule has 3 rings (SSSR count). The minimum Gasteiger partial charge on any atom is -0.458 e. The Morgan fingerprint density at radius 1 is 1.12 bits per heavy atom. The number of hydrogen-bond donors (Lipinski definition) is 2. The van der Waals surface area contributed by atoms with Crippen molar-refractivity contribution >= 4 is 17.8 Å². The van der Waals surface area contributed by atoms with Crippen molar-refractivity contribution in [3.63, 3.8) is 0 Å². The summed E-state index contributed by atoms with van der Waals surface area (Å²) < 4.78 is 11.7. The molecular weight excluding hydrogens is 434 g/mol. The molecule has 2 N–H and O–H groups in total. The zero-order valence-corrected chi connectivity index (χ0v) is 20.9. The van der Waals surface area contributed by atoms with Gasteiger partial charge in [0, 0.05) is 24.7 Å². The van der Waals surface area contributed by atoms with Crippen molar-refractivity contribution in [3.8, 4) is 0 Å². The van der Waals surface area contributed by atoms with E-state index in [0.29, 0.717) is 6.42 Å². The number of esters is 1. The molecule has 0 saturated carbocycles. The molecule has 0 bridgehead atoms. The molecule has 2 fully saturated rings. The Balaban J connectivity index is 1.81. The van der Waals surface area contributed by atoms with Crippen LogP contribution in [0.1, 0.15) is 72.3 Å². The highest BCUT2D eigenvalue weighted by Crippen LogP contribution is 2.44. The summed E-state index contributed by atoms with van der Waals surface area (Å²) in [5.41, 5.74) is -0.553. The number of carbonyl (C=O) groups is 2. The minimum absolute atomic E-state index is 0.0395. The number of carbonyl (C=O) groups excluding carboxylic acids is 2. The summed E-state index contributed by atoms with van der Waals surface area (Å²) in [6.07, 6.45) is 7.17. The summed E-state index contributed by atoms with van der Waals surface area (Å²) in [6, 6.07) is 3.72. The van der Waals surface area contributed by atoms with E-state index in [-0.39, 0.29) is 29.8 Å². The number of hydrogen-bond acceptors (Lipinski definition) is 7. The molecule has 3 heterocycles. The fraction of sp³-hybridized carbons (Fsp3) is 0.667. The summed E-state index contributed by atoms with van der Waals surface area (Å²) in [4.78, 5) is 29.9. The van der Waals surface area contributed by atoms with Crippen LogP contribution in [0.2, 0.25) is 0 Å². The second kappa shape index (κ2) is 10.7. The third-order valence-corrected chi connectivity index (χ3v) is 7.64. The Labute approximate surface area is 202 Å². The molecule has 2 saturated heterocycles. The summed E-state index contributed by atoms with van der Waals surface area (Å²) >= 11 is 0. The molecule has 188 valence electrons. The first-order valence-electron chi connectivity index (χ1n) is 12.3. The molecule has 0 radical (unpaired) electrons. The van der Waals surface area contributed by atoms with Crippen LogP contribution < -0.4 is 0 Å². The monoisotopic (exact) mass is 473 g/mol. The Hall–Kier alpha value is -2.09. The normalized spacial score (nSPS) is 37.7. The molecule has 0 unspecified atom stereocenters. The van der Waals surface area contributed by atoms with Gasteiger partial charge in [-0.1, -0.05) is 40.2 Å². The molecule has 1 aromatic heterocycles. The molecule has 0 aliphatic carbocycles. The lowest BCUT2D eigenvalue weighted by Crippen LogP contribution is -2.45. The molecule has 0 spiro atoms. The van der Waals surface area contributed by atoms with Crippen molar-refractivity contribution in [1.82, 2.24) is 4.98 Å². The highest BCUT2D eigenvalue weighted by Gasteiger charge is 2.52. The van der Waals surface area contributed by atoms with E-state index in [1.54, 1.807) is 33.2 Å². The van der Waals surface area contributed by atoms with Gasteiger partial charge in [-0.15, -0.1) is 0 Å². The molecular formula is C27H39NO6. The van der Waals surface area contributed by atoms with Crippen molar-refractivity contribution in [1.29, 1.82) is 0 Å². The molecule has 1 aromatic rings. The van der Waals surface area contributed by atoms with Gasteiger partial charge in [-0.25, -0.2) is 0 Å². The minimum atomic E-state index is -1.22. The van der Waals surface area contributed by atoms with Crippen molar-refractivity contribution in [3.05, 3.63) is 36.2 Å². The Morgan fingerprint density at radius 3 is 2.47 bits per heavy atom. The zero-order chi connectivity index (χ0) is 25.1. The summed E-state index contributed by atoms with van der Waals surface area (Å²) in [5.74, 6) is -1.55. The maximum atomic E-state index is 13.2. The standard InChI is InChI=1S/C27H39NO6/c1-17-7-6-12-27(5)22(34-27)15-20(9-8-19-10-13-28-14-11-19)33-23(30)16-21(29)26(3,4)25(32)18(2)24(17)31/h8-11,13-14,17-18,20-22,24,29,31H,6-7,12,15-16H2,1-5H3/t17-,18+,20+,21-,22-,24-,27-/m0/s1. The van der Waals surface area contributed by atoms with Crippen LogP contribution in [0.4, 0.5) is 0 Å². The van der Waals surface area contributed by atoms with E-state index in [1.807, 2.05) is 31.2 Å². The third kappa shape index (κ3) is 6.32. The van der Waals surface area contributed by atoms with Gasteiger partial charge in [0.25, 0.3) is 0 Å². The van der Waals surface area contributed by atoms with E-state index in [4.69, 9.17) is 9.47 Å². The van der Waals surface area contributed by atoms with E-state index >= 15 is 0 Å². The van der Waals surface area contributed by atoms with Crippen LogP contribution in [0.5, 0.6) is 0 Å². The number of pyridine rings is 1. The van der Waals surface area contributed by atoms with Crippen LogP contribution in [0.25, 0.3) is 6.08 Å². The Kier molecular flexibility index (Phi) is 8.32. The van der Waals surface area contributed by atoms with Crippen molar-refractivity contribution in [2.45, 2.75) is 96.7 Å². The van der Waals surface area contributed by atoms with E-state index in [9.17, 15) is 19.8 Å². The molecule has 2 aliphatic heterocycles. The highest BCUT2D eigenvalue weighted by atomic mass is 16.6. The predicted octanol–water partition coefficient (Wildman–Crippen LogP) is 3.72. The first kappa shape index (κ1) is 26.5. The summed E-state index contributed by atoms with van der Waals surface area (Å²) in [7, 11) is 0. The van der Waals surface area contributed by atoms with E-state index in [1.165, 1.54) is 0 Å². The van der Waals surface area contributed by atoms with Crippen LogP contribution in [-0.4, -0.2) is 57.0 Å². The molecule has 7 nitrogen and oxygen atoms in total. The number of aliphatic hydroxyl groups excluding tert-OH is 2. The number of aliphatic hydroxyl groups is 2. The lowest BCUT2D eigenvalue weighted by atomic mass is 9.73. The highest BCUT2D eigenvalue weighted by molar-refractivity contribution is 5.88. The number of nitrogens with zero attached hydrogens (tertiary/aromatic N) is 1. The fourth-order valence-corrected chi connectivity index (χ4v) is 4.85. The van der Waals surface area contributed by atoms with Crippen LogP contribution >= 0.6 is 0 Å². The fourth-order valence-electron chi connectivity index (χ4n) is 4.85. The van der Waals surface area contributed by atoms with Crippen molar-refractivity contribution < 1.29 is 29.3 Å². The quantitative estimate of drug-likeness (QED) is 0.498. The summed E-state index contributed by atoms with van der Waals surface area (Å²) in [6.45, 7) is 8.95. The molecule has 7 heteroatoms. The average molecular weight is 474 g/mol. The third-order valence-electron chi connectivity index (χ3n) is 7.64. The lowest BCUT2D eigenvalue weighted by Gasteiger charge is -2.34. The number of aromatic nitrogens is 1. The van der Waals surface area contributed by atoms with E-state index in [0.717, 1.165) is 24.8 Å². The number of fused-ring (bicyclic) bond motifs is 1. The SMILES string of the molecule is C[C@H]1CCC[C@]2(C)O[C@H]2C[C@@H](C=Cc2ccncc2)OC(=O)C[C@H](O)C(C)(C)C(=O)[C@H](C)[C@H]1O. The second-order valence-electron chi connectivity index (χ2n) is 10.8. The van der Waals surface area contributed by atoms with Gasteiger partial charge in [-0.3, -0.25) is 14.6 Å². The van der Waals surface area contributed by atoms with Crippen molar-refractivity contribution in [2.75, 3.05) is 0 Å². The van der Waals surface area contributed by atoms with E-state index < -0.39 is 35.6 Å². The molecule has 0 aromatic carbocycles. The maximum Gasteiger partial charge on any atom is 0.309 e. The average Bonchev–Trinajstić information content (AvgIpc) is 3.44. The zero-order valence-electron chi connectivity index (χ0n) is 20.9. The van der Waals surface area contributed by atoms with Gasteiger partial charge in [-0.2, -0.15) is 0 Å². The first-order chi connectivity index (χ1) is 15.9. The van der Waals surface area contributed by atoms with Gasteiger partial charge in [0.1, 0.15) is 11.9 Å². The smallest absolute Gasteiger partial charge is 0.309 e. The lowest BCUT2D eigenvalue weighted by molar-refractivity contribution is -0.154. The number of ketones is 1. The molecule has 34 heavy (non-hydrogen) atoms. The molecule has 0 amide bonds. The second-order valence-corrected chi connectivity index (χ2v) is 10.8.